The van der Waals surface area contributed by atoms with E-state index in [0.29, 0.717) is 6.04 Å². The van der Waals surface area contributed by atoms with Crippen molar-refractivity contribution in [3.8, 4) is 0 Å². The Hall–Kier alpha value is -1.36. The maximum Gasteiger partial charge on any atom is 0.264 e. The van der Waals surface area contributed by atoms with Crippen molar-refractivity contribution in [1.29, 1.82) is 0 Å². The van der Waals surface area contributed by atoms with Gasteiger partial charge in [0.05, 0.1) is 5.39 Å². The Morgan fingerprint density at radius 1 is 1.08 bits per heavy atom. The topological polar surface area (TPSA) is 46.9 Å². The van der Waals surface area contributed by atoms with Crippen LogP contribution in [0.4, 0.5) is 5.95 Å². The molecule has 5 heteroatoms. The molecule has 0 spiro atoms. The summed E-state index contributed by atoms with van der Waals surface area (Å²) in [5, 5.41) is 4.55. The number of thiophene rings is 1. The molecule has 0 aliphatic heterocycles. The normalized spacial score (nSPS) is 19.2. The van der Waals surface area contributed by atoms with E-state index in [2.05, 4.69) is 19.2 Å². The average molecular weight is 360 g/mol. The predicted octanol–water partition coefficient (Wildman–Crippen LogP) is 5.05. The van der Waals surface area contributed by atoms with Crippen molar-refractivity contribution in [3.05, 3.63) is 20.8 Å². The van der Waals surface area contributed by atoms with Gasteiger partial charge >= 0.3 is 0 Å². The van der Waals surface area contributed by atoms with Crippen molar-refractivity contribution in [3.63, 3.8) is 0 Å². The van der Waals surface area contributed by atoms with Crippen LogP contribution in [0.3, 0.4) is 0 Å². The molecule has 0 amide bonds. The summed E-state index contributed by atoms with van der Waals surface area (Å²) in [5.41, 5.74) is 1.45. The third kappa shape index (κ3) is 3.23. The van der Waals surface area contributed by atoms with Gasteiger partial charge in [0.25, 0.3) is 5.56 Å². The number of hydrogen-bond acceptors (Lipinski definition) is 4. The van der Waals surface area contributed by atoms with E-state index in [1.165, 1.54) is 61.8 Å². The lowest BCUT2D eigenvalue weighted by atomic mass is 9.97. The first kappa shape index (κ1) is 17.1. The van der Waals surface area contributed by atoms with Crippen LogP contribution in [0.5, 0.6) is 0 Å². The second kappa shape index (κ2) is 7.10. The summed E-state index contributed by atoms with van der Waals surface area (Å²) in [6, 6.07) is 0.572. The fourth-order valence-electron chi connectivity index (χ4n) is 4.40. The van der Waals surface area contributed by atoms with Crippen molar-refractivity contribution in [2.24, 2.45) is 0 Å². The van der Waals surface area contributed by atoms with Crippen molar-refractivity contribution in [2.45, 2.75) is 90.1 Å². The van der Waals surface area contributed by atoms with Gasteiger partial charge in [-0.05, 0) is 57.9 Å². The third-order valence-corrected chi connectivity index (χ3v) is 6.91. The molecule has 1 saturated carbocycles. The Balaban J connectivity index is 1.80. The maximum atomic E-state index is 13.3. The number of nitrogens with zero attached hydrogens (tertiary/aromatic N) is 2. The largest absolute Gasteiger partial charge is 0.353 e. The molecule has 2 aliphatic carbocycles. The lowest BCUT2D eigenvalue weighted by molar-refractivity contribution is 0.556. The predicted molar refractivity (Wildman–Crippen MR) is 106 cm³/mol. The van der Waals surface area contributed by atoms with Crippen LogP contribution in [-0.2, 0) is 12.8 Å². The van der Waals surface area contributed by atoms with Gasteiger partial charge < -0.3 is 5.32 Å². The number of nitrogens with one attached hydrogen (secondary N) is 1. The van der Waals surface area contributed by atoms with Gasteiger partial charge in [-0.3, -0.25) is 9.36 Å². The van der Waals surface area contributed by atoms with Crippen LogP contribution in [-0.4, -0.2) is 15.6 Å². The highest BCUT2D eigenvalue weighted by Crippen LogP contribution is 2.35. The van der Waals surface area contributed by atoms with E-state index in [0.717, 1.165) is 29.0 Å². The quantitative estimate of drug-likeness (QED) is 0.780. The lowest BCUT2D eigenvalue weighted by Crippen LogP contribution is -2.30. The van der Waals surface area contributed by atoms with Crippen LogP contribution >= 0.6 is 11.3 Å². The molecule has 0 radical (unpaired) electrons. The average Bonchev–Trinajstić information content (AvgIpc) is 2.75. The molecule has 2 aliphatic rings. The van der Waals surface area contributed by atoms with Gasteiger partial charge in [-0.1, -0.05) is 25.7 Å². The van der Waals surface area contributed by atoms with E-state index >= 15 is 0 Å². The summed E-state index contributed by atoms with van der Waals surface area (Å²) >= 11 is 1.75. The molecule has 2 aromatic rings. The summed E-state index contributed by atoms with van der Waals surface area (Å²) < 4.78 is 1.90. The van der Waals surface area contributed by atoms with Crippen LogP contribution in [0, 0.1) is 0 Å². The molecule has 4 nitrogen and oxygen atoms in total. The molecule has 0 aromatic carbocycles. The Labute approximate surface area is 153 Å². The molecule has 136 valence electrons. The van der Waals surface area contributed by atoms with Crippen molar-refractivity contribution >= 4 is 27.5 Å². The Morgan fingerprint density at radius 2 is 1.80 bits per heavy atom. The molecule has 0 saturated heterocycles. The van der Waals surface area contributed by atoms with Crippen LogP contribution < -0.4 is 10.9 Å². The van der Waals surface area contributed by atoms with Gasteiger partial charge in [-0.25, -0.2) is 4.98 Å². The van der Waals surface area contributed by atoms with E-state index in [1.807, 2.05) is 4.57 Å². The third-order valence-electron chi connectivity index (χ3n) is 5.73. The summed E-state index contributed by atoms with van der Waals surface area (Å²) in [7, 11) is 0. The maximum absolute atomic E-state index is 13.3. The van der Waals surface area contributed by atoms with Gasteiger partial charge in [0.2, 0.25) is 5.95 Å². The Kier molecular flexibility index (Phi) is 4.85. The minimum Gasteiger partial charge on any atom is -0.353 e. The molecule has 2 heterocycles. The summed E-state index contributed by atoms with van der Waals surface area (Å²) in [5.74, 6) is 0.790. The van der Waals surface area contributed by atoms with E-state index in [4.69, 9.17) is 4.98 Å². The fraction of sp³-hybridized carbons (Fsp3) is 0.700. The number of aryl methyl sites for hydroxylation is 2. The van der Waals surface area contributed by atoms with E-state index in [1.54, 1.807) is 11.3 Å². The van der Waals surface area contributed by atoms with Gasteiger partial charge in [0.15, 0.2) is 0 Å². The van der Waals surface area contributed by atoms with Crippen molar-refractivity contribution in [1.82, 2.24) is 9.55 Å². The molecular weight excluding hydrogens is 330 g/mol. The number of rotatable bonds is 3. The number of anilines is 1. The standard InChI is InChI=1S/C20H29N3OS/c1-13(2)23-19(24)17-15-11-7-8-12-16(15)25-18(17)22-20(23)21-14-9-5-3-4-6-10-14/h13-14H,3-12H2,1-2H3,(H,21,22). The smallest absolute Gasteiger partial charge is 0.264 e. The van der Waals surface area contributed by atoms with Crippen molar-refractivity contribution < 1.29 is 0 Å². The van der Waals surface area contributed by atoms with Gasteiger partial charge in [-0.15, -0.1) is 11.3 Å². The minimum absolute atomic E-state index is 0.122. The number of hydrogen-bond donors (Lipinski definition) is 1. The highest BCUT2D eigenvalue weighted by atomic mass is 32.1. The van der Waals surface area contributed by atoms with Crippen LogP contribution in [0.2, 0.25) is 0 Å². The highest BCUT2D eigenvalue weighted by Gasteiger charge is 2.24. The number of fused-ring (bicyclic) bond motifs is 3. The van der Waals surface area contributed by atoms with E-state index in [-0.39, 0.29) is 11.6 Å². The Morgan fingerprint density at radius 3 is 2.52 bits per heavy atom. The van der Waals surface area contributed by atoms with Gasteiger partial charge in [0.1, 0.15) is 4.83 Å². The molecule has 0 atom stereocenters. The molecule has 0 unspecified atom stereocenters. The van der Waals surface area contributed by atoms with E-state index < -0.39 is 0 Å². The summed E-state index contributed by atoms with van der Waals surface area (Å²) in [6.45, 7) is 4.18. The minimum atomic E-state index is 0.122. The zero-order valence-electron chi connectivity index (χ0n) is 15.4. The molecule has 2 aromatic heterocycles. The van der Waals surface area contributed by atoms with Gasteiger partial charge in [-0.2, -0.15) is 0 Å². The summed E-state index contributed by atoms with van der Waals surface area (Å²) in [6.07, 6.45) is 12.2. The van der Waals surface area contributed by atoms with Crippen LogP contribution in [0.25, 0.3) is 10.2 Å². The highest BCUT2D eigenvalue weighted by molar-refractivity contribution is 7.18. The first-order valence-corrected chi connectivity index (χ1v) is 10.8. The molecule has 25 heavy (non-hydrogen) atoms. The Bertz CT molecular complexity index is 812. The molecule has 0 bridgehead atoms. The molecule has 1 fully saturated rings. The first-order valence-electron chi connectivity index (χ1n) is 9.98. The zero-order chi connectivity index (χ0) is 17.4. The second-order valence-corrected chi connectivity index (χ2v) is 9.01. The van der Waals surface area contributed by atoms with Crippen LogP contribution in [0.1, 0.15) is 81.7 Å². The monoisotopic (exact) mass is 359 g/mol. The van der Waals surface area contributed by atoms with Gasteiger partial charge in [0, 0.05) is 17.0 Å². The van der Waals surface area contributed by atoms with Crippen molar-refractivity contribution in [2.75, 3.05) is 5.32 Å². The molecule has 4 rings (SSSR count). The molecule has 1 N–H and O–H groups in total. The second-order valence-electron chi connectivity index (χ2n) is 7.93. The number of aromatic nitrogens is 2. The molecular formula is C20H29N3OS. The SMILES string of the molecule is CC(C)n1c(NC2CCCCCC2)nc2sc3c(c2c1=O)CCCC3. The zero-order valence-corrected chi connectivity index (χ0v) is 16.3. The first-order chi connectivity index (χ1) is 12.1. The lowest BCUT2D eigenvalue weighted by Gasteiger charge is -2.22. The fourth-order valence-corrected chi connectivity index (χ4v) is 5.66. The summed E-state index contributed by atoms with van der Waals surface area (Å²) in [4.78, 5) is 20.6. The van der Waals surface area contributed by atoms with E-state index in [9.17, 15) is 4.79 Å². The van der Waals surface area contributed by atoms with Crippen LogP contribution in [0.15, 0.2) is 4.79 Å².